The van der Waals surface area contributed by atoms with E-state index in [0.29, 0.717) is 12.4 Å². The number of aryl methyl sites for hydroxylation is 2. The van der Waals surface area contributed by atoms with Gasteiger partial charge in [0.1, 0.15) is 5.82 Å². The molecule has 5 heteroatoms. The van der Waals surface area contributed by atoms with Gasteiger partial charge in [0.15, 0.2) is 5.69 Å². The first-order valence-electron chi connectivity index (χ1n) is 6.67. The Balaban J connectivity index is 2.07. The summed E-state index contributed by atoms with van der Waals surface area (Å²) in [6.07, 6.45) is 1.72. The number of aromatic nitrogens is 2. The van der Waals surface area contributed by atoms with E-state index in [1.807, 2.05) is 32.0 Å². The minimum absolute atomic E-state index is 0.273. The lowest BCUT2D eigenvalue weighted by Gasteiger charge is -2.08. The number of hydrogen-bond acceptors (Lipinski definition) is 4. The van der Waals surface area contributed by atoms with Gasteiger partial charge >= 0.3 is 0 Å². The van der Waals surface area contributed by atoms with Crippen LogP contribution in [0.3, 0.4) is 0 Å². The highest BCUT2D eigenvalue weighted by Gasteiger charge is 2.10. The molecule has 0 atom stereocenters. The Labute approximate surface area is 124 Å². The monoisotopic (exact) mass is 282 g/mol. The van der Waals surface area contributed by atoms with Crippen molar-refractivity contribution in [3.63, 3.8) is 0 Å². The third kappa shape index (κ3) is 3.89. The van der Waals surface area contributed by atoms with Crippen LogP contribution in [0.25, 0.3) is 0 Å². The van der Waals surface area contributed by atoms with Crippen molar-refractivity contribution >= 4 is 17.4 Å². The largest absolute Gasteiger partial charge is 0.365 e. The molecule has 2 N–H and O–H groups in total. The quantitative estimate of drug-likeness (QED) is 0.827. The molecule has 1 aromatic carbocycles. The van der Waals surface area contributed by atoms with E-state index >= 15 is 0 Å². The van der Waals surface area contributed by atoms with Gasteiger partial charge in [0, 0.05) is 12.2 Å². The van der Waals surface area contributed by atoms with Crippen molar-refractivity contribution < 1.29 is 4.79 Å². The van der Waals surface area contributed by atoms with Crippen molar-refractivity contribution in [1.29, 1.82) is 0 Å². The summed E-state index contributed by atoms with van der Waals surface area (Å²) in [4.78, 5) is 12.1. The zero-order valence-electron chi connectivity index (χ0n) is 12.2. The lowest BCUT2D eigenvalue weighted by molar-refractivity contribution is 0.102. The number of benzene rings is 1. The third-order valence-corrected chi connectivity index (χ3v) is 2.95. The molecule has 0 saturated heterocycles. The lowest BCUT2D eigenvalue weighted by atomic mass is 10.1. The topological polar surface area (TPSA) is 66.9 Å². The van der Waals surface area contributed by atoms with Crippen LogP contribution in [0.5, 0.6) is 0 Å². The van der Waals surface area contributed by atoms with Crippen LogP contribution in [0.15, 0.2) is 43.0 Å². The van der Waals surface area contributed by atoms with Crippen molar-refractivity contribution in [2.45, 2.75) is 13.8 Å². The van der Waals surface area contributed by atoms with Crippen LogP contribution in [-0.2, 0) is 0 Å². The van der Waals surface area contributed by atoms with Gasteiger partial charge < -0.3 is 10.6 Å². The molecule has 0 spiro atoms. The Hall–Kier alpha value is -2.69. The molecule has 0 saturated carbocycles. The predicted molar refractivity (Wildman–Crippen MR) is 84.6 cm³/mol. The predicted octanol–water partition coefficient (Wildman–Crippen LogP) is 2.94. The van der Waals surface area contributed by atoms with Crippen LogP contribution in [0.2, 0.25) is 0 Å². The zero-order valence-corrected chi connectivity index (χ0v) is 12.2. The Kier molecular flexibility index (Phi) is 4.66. The second-order valence-corrected chi connectivity index (χ2v) is 4.75. The van der Waals surface area contributed by atoms with Gasteiger partial charge in [-0.1, -0.05) is 23.8 Å². The van der Waals surface area contributed by atoms with Crippen LogP contribution in [-0.4, -0.2) is 22.6 Å². The average molecular weight is 282 g/mol. The maximum Gasteiger partial charge on any atom is 0.276 e. The van der Waals surface area contributed by atoms with Gasteiger partial charge in [-0.3, -0.25) is 4.79 Å². The molecular weight excluding hydrogens is 264 g/mol. The van der Waals surface area contributed by atoms with Crippen LogP contribution in [0.4, 0.5) is 11.5 Å². The van der Waals surface area contributed by atoms with Crippen molar-refractivity contribution in [1.82, 2.24) is 10.2 Å². The van der Waals surface area contributed by atoms with Gasteiger partial charge in [0.2, 0.25) is 0 Å². The maximum absolute atomic E-state index is 12.1. The van der Waals surface area contributed by atoms with Gasteiger partial charge in [0.25, 0.3) is 5.91 Å². The second-order valence-electron chi connectivity index (χ2n) is 4.75. The summed E-state index contributed by atoms with van der Waals surface area (Å²) >= 11 is 0. The van der Waals surface area contributed by atoms with E-state index < -0.39 is 0 Å². The zero-order chi connectivity index (χ0) is 15.2. The fourth-order valence-electron chi connectivity index (χ4n) is 1.86. The molecule has 5 nitrogen and oxygen atoms in total. The van der Waals surface area contributed by atoms with Crippen LogP contribution < -0.4 is 10.6 Å². The Morgan fingerprint density at radius 2 is 2.05 bits per heavy atom. The maximum atomic E-state index is 12.1. The molecule has 0 unspecified atom stereocenters. The summed E-state index contributed by atoms with van der Waals surface area (Å²) in [5.74, 6) is 0.336. The van der Waals surface area contributed by atoms with Crippen LogP contribution in [0, 0.1) is 13.8 Å². The Morgan fingerprint density at radius 1 is 1.24 bits per heavy atom. The van der Waals surface area contributed by atoms with E-state index in [1.165, 1.54) is 0 Å². The normalized spacial score (nSPS) is 10.0. The molecule has 0 aliphatic heterocycles. The van der Waals surface area contributed by atoms with Crippen LogP contribution in [0.1, 0.15) is 21.6 Å². The standard InChI is InChI=1S/C16H18N4O/c1-4-9-17-15-8-7-14(19-20-15)16(21)18-13-6-5-11(2)10-12(13)3/h4-8,10H,1,9H2,2-3H3,(H,17,20)(H,18,21). The second kappa shape index (κ2) is 6.65. The highest BCUT2D eigenvalue weighted by Crippen LogP contribution is 2.16. The Bertz CT molecular complexity index is 650. The molecular formula is C16H18N4O. The number of nitrogens with one attached hydrogen (secondary N) is 2. The SMILES string of the molecule is C=CCNc1ccc(C(=O)Nc2ccc(C)cc2C)nn1. The molecule has 1 aromatic heterocycles. The first-order chi connectivity index (χ1) is 10.1. The summed E-state index contributed by atoms with van der Waals surface area (Å²) in [5.41, 5.74) is 3.23. The fraction of sp³-hybridized carbons (Fsp3) is 0.188. The molecule has 0 aliphatic carbocycles. The molecule has 0 aliphatic rings. The highest BCUT2D eigenvalue weighted by molar-refractivity contribution is 6.03. The molecule has 0 fully saturated rings. The first-order valence-corrected chi connectivity index (χ1v) is 6.67. The summed E-state index contributed by atoms with van der Waals surface area (Å²) < 4.78 is 0. The van der Waals surface area contributed by atoms with Crippen molar-refractivity contribution in [2.75, 3.05) is 17.2 Å². The van der Waals surface area contributed by atoms with E-state index in [4.69, 9.17) is 0 Å². The van der Waals surface area contributed by atoms with Crippen LogP contribution >= 0.6 is 0 Å². The van der Waals surface area contributed by atoms with Crippen molar-refractivity contribution in [3.8, 4) is 0 Å². The molecule has 0 bridgehead atoms. The summed E-state index contributed by atoms with van der Waals surface area (Å²) in [6, 6.07) is 9.21. The van der Waals surface area contributed by atoms with Crippen molar-refractivity contribution in [3.05, 3.63) is 59.8 Å². The summed E-state index contributed by atoms with van der Waals surface area (Å²) in [6.45, 7) is 8.18. The van der Waals surface area contributed by atoms with E-state index in [2.05, 4.69) is 27.4 Å². The number of carbonyl (C=O) groups excluding carboxylic acids is 1. The summed E-state index contributed by atoms with van der Waals surface area (Å²) in [7, 11) is 0. The Morgan fingerprint density at radius 3 is 2.67 bits per heavy atom. The summed E-state index contributed by atoms with van der Waals surface area (Å²) in [5, 5.41) is 13.7. The fourth-order valence-corrected chi connectivity index (χ4v) is 1.86. The molecule has 108 valence electrons. The van der Waals surface area contributed by atoms with E-state index in [9.17, 15) is 4.79 Å². The minimum Gasteiger partial charge on any atom is -0.365 e. The highest BCUT2D eigenvalue weighted by atomic mass is 16.1. The molecule has 0 radical (unpaired) electrons. The average Bonchev–Trinajstić information content (AvgIpc) is 2.48. The van der Waals surface area contributed by atoms with E-state index in [-0.39, 0.29) is 11.6 Å². The van der Waals surface area contributed by atoms with Gasteiger partial charge in [0.05, 0.1) is 0 Å². The first kappa shape index (κ1) is 14.7. The van der Waals surface area contributed by atoms with Gasteiger partial charge in [-0.25, -0.2) is 0 Å². The van der Waals surface area contributed by atoms with Crippen molar-refractivity contribution in [2.24, 2.45) is 0 Å². The third-order valence-electron chi connectivity index (χ3n) is 2.95. The number of carbonyl (C=O) groups is 1. The number of hydrogen-bond donors (Lipinski definition) is 2. The van der Waals surface area contributed by atoms with Gasteiger partial charge in [-0.05, 0) is 37.6 Å². The molecule has 2 rings (SSSR count). The molecule has 1 heterocycles. The molecule has 2 aromatic rings. The lowest BCUT2D eigenvalue weighted by Crippen LogP contribution is -2.15. The molecule has 1 amide bonds. The minimum atomic E-state index is -0.273. The number of amides is 1. The van der Waals surface area contributed by atoms with E-state index in [1.54, 1.807) is 18.2 Å². The smallest absolute Gasteiger partial charge is 0.276 e. The number of rotatable bonds is 5. The number of nitrogens with zero attached hydrogens (tertiary/aromatic N) is 2. The van der Waals surface area contributed by atoms with Gasteiger partial charge in [-0.15, -0.1) is 16.8 Å². The van der Waals surface area contributed by atoms with E-state index in [0.717, 1.165) is 16.8 Å². The molecule has 21 heavy (non-hydrogen) atoms. The van der Waals surface area contributed by atoms with Gasteiger partial charge in [-0.2, -0.15) is 0 Å². The number of anilines is 2.